The van der Waals surface area contributed by atoms with Gasteiger partial charge in [-0.2, -0.15) is 0 Å². The van der Waals surface area contributed by atoms with Gasteiger partial charge in [0.2, 0.25) is 0 Å². The van der Waals surface area contributed by atoms with Crippen molar-refractivity contribution >= 4 is 6.29 Å². The van der Waals surface area contributed by atoms with Crippen LogP contribution in [0.15, 0.2) is 36.4 Å². The second-order valence-electron chi connectivity index (χ2n) is 7.43. The predicted molar refractivity (Wildman–Crippen MR) is 109 cm³/mol. The lowest BCUT2D eigenvalue weighted by Crippen LogP contribution is -2.08. The molecular formula is C24H31FO2. The molecule has 0 spiro atoms. The van der Waals surface area contributed by atoms with Gasteiger partial charge in [-0.15, -0.1) is 0 Å². The smallest absolute Gasteiger partial charge is 0.165 e. The van der Waals surface area contributed by atoms with Crippen LogP contribution >= 0.6 is 0 Å². The highest BCUT2D eigenvalue weighted by atomic mass is 19.1. The van der Waals surface area contributed by atoms with E-state index in [0.717, 1.165) is 19.3 Å². The van der Waals surface area contributed by atoms with Crippen molar-refractivity contribution in [3.8, 4) is 5.75 Å². The Hall–Kier alpha value is -2.16. The number of rotatable bonds is 11. The molecule has 0 unspecified atom stereocenters. The predicted octanol–water partition coefficient (Wildman–Crippen LogP) is 6.46. The van der Waals surface area contributed by atoms with Crippen LogP contribution in [0.2, 0.25) is 0 Å². The summed E-state index contributed by atoms with van der Waals surface area (Å²) in [5.74, 6) is 0.370. The molecule has 0 N–H and O–H groups in total. The Labute approximate surface area is 162 Å². The first-order valence-corrected chi connectivity index (χ1v) is 9.97. The number of aryl methyl sites for hydroxylation is 2. The minimum atomic E-state index is -0.475. The minimum absolute atomic E-state index is 0.222. The fourth-order valence-electron chi connectivity index (χ4n) is 3.37. The molecule has 2 nitrogen and oxygen atoms in total. The van der Waals surface area contributed by atoms with E-state index in [0.29, 0.717) is 24.4 Å². The molecule has 27 heavy (non-hydrogen) atoms. The van der Waals surface area contributed by atoms with Crippen LogP contribution in [-0.2, 0) is 6.42 Å². The maximum atomic E-state index is 13.9. The SMILES string of the molecule is CCCC[C@H](CCCOc1ccc(C=O)cc1F)Cc1ccc(C)c(C)c1. The zero-order valence-electron chi connectivity index (χ0n) is 16.8. The molecular weight excluding hydrogens is 339 g/mol. The number of benzene rings is 2. The van der Waals surface area contributed by atoms with Crippen molar-refractivity contribution in [2.75, 3.05) is 6.61 Å². The van der Waals surface area contributed by atoms with Crippen LogP contribution in [0, 0.1) is 25.6 Å². The number of halogens is 1. The number of hydrogen-bond acceptors (Lipinski definition) is 2. The quantitative estimate of drug-likeness (QED) is 0.335. The first-order chi connectivity index (χ1) is 13.0. The molecule has 3 heteroatoms. The summed E-state index contributed by atoms with van der Waals surface area (Å²) in [6.45, 7) is 7.03. The zero-order chi connectivity index (χ0) is 19.6. The third kappa shape index (κ3) is 6.82. The average Bonchev–Trinajstić information content (AvgIpc) is 2.66. The molecule has 0 fully saturated rings. The van der Waals surface area contributed by atoms with Gasteiger partial charge in [-0.05, 0) is 73.9 Å². The summed E-state index contributed by atoms with van der Waals surface area (Å²) in [5.41, 5.74) is 4.41. The van der Waals surface area contributed by atoms with Crippen molar-refractivity contribution in [1.82, 2.24) is 0 Å². The van der Waals surface area contributed by atoms with Crippen molar-refractivity contribution in [2.45, 2.75) is 59.3 Å². The molecule has 2 aromatic rings. The Bertz CT molecular complexity index is 739. The normalized spacial score (nSPS) is 12.0. The van der Waals surface area contributed by atoms with E-state index in [1.54, 1.807) is 6.07 Å². The maximum Gasteiger partial charge on any atom is 0.165 e. The molecule has 0 aliphatic rings. The van der Waals surface area contributed by atoms with Gasteiger partial charge in [0, 0.05) is 5.56 Å². The van der Waals surface area contributed by atoms with E-state index in [-0.39, 0.29) is 5.75 Å². The largest absolute Gasteiger partial charge is 0.491 e. The average molecular weight is 371 g/mol. The molecule has 0 radical (unpaired) electrons. The summed E-state index contributed by atoms with van der Waals surface area (Å²) in [4.78, 5) is 10.7. The van der Waals surface area contributed by atoms with Gasteiger partial charge in [0.05, 0.1) is 6.61 Å². The summed E-state index contributed by atoms with van der Waals surface area (Å²) < 4.78 is 19.4. The van der Waals surface area contributed by atoms with E-state index >= 15 is 0 Å². The third-order valence-electron chi connectivity index (χ3n) is 5.17. The highest BCUT2D eigenvalue weighted by Crippen LogP contribution is 2.23. The van der Waals surface area contributed by atoms with Crippen molar-refractivity contribution in [3.63, 3.8) is 0 Å². The van der Waals surface area contributed by atoms with E-state index in [1.807, 2.05) is 0 Å². The molecule has 0 heterocycles. The van der Waals surface area contributed by atoms with Crippen LogP contribution in [0.5, 0.6) is 5.75 Å². The second kappa shape index (κ2) is 10.9. The van der Waals surface area contributed by atoms with Crippen LogP contribution in [0.1, 0.15) is 66.1 Å². The summed E-state index contributed by atoms with van der Waals surface area (Å²) in [5, 5.41) is 0. The van der Waals surface area contributed by atoms with Gasteiger partial charge >= 0.3 is 0 Å². The van der Waals surface area contributed by atoms with Gasteiger partial charge in [-0.25, -0.2) is 4.39 Å². The number of hydrogen-bond donors (Lipinski definition) is 0. The highest BCUT2D eigenvalue weighted by Gasteiger charge is 2.11. The lowest BCUT2D eigenvalue weighted by atomic mass is 9.89. The van der Waals surface area contributed by atoms with Gasteiger partial charge < -0.3 is 4.74 Å². The molecule has 0 aromatic heterocycles. The van der Waals surface area contributed by atoms with E-state index in [2.05, 4.69) is 39.0 Å². The molecule has 0 amide bonds. The van der Waals surface area contributed by atoms with Crippen LogP contribution in [0.3, 0.4) is 0 Å². The van der Waals surface area contributed by atoms with E-state index in [9.17, 15) is 9.18 Å². The third-order valence-corrected chi connectivity index (χ3v) is 5.17. The first-order valence-electron chi connectivity index (χ1n) is 9.97. The molecule has 0 bridgehead atoms. The summed E-state index contributed by atoms with van der Waals surface area (Å²) in [7, 11) is 0. The Morgan fingerprint density at radius 2 is 1.81 bits per heavy atom. The maximum absolute atomic E-state index is 13.9. The highest BCUT2D eigenvalue weighted by molar-refractivity contribution is 5.74. The zero-order valence-corrected chi connectivity index (χ0v) is 16.8. The van der Waals surface area contributed by atoms with Crippen LogP contribution in [-0.4, -0.2) is 12.9 Å². The Morgan fingerprint density at radius 3 is 2.48 bits per heavy atom. The number of ether oxygens (including phenoxy) is 1. The van der Waals surface area contributed by atoms with E-state index in [1.165, 1.54) is 48.1 Å². The minimum Gasteiger partial charge on any atom is -0.491 e. The topological polar surface area (TPSA) is 26.3 Å². The number of carbonyl (C=O) groups excluding carboxylic acids is 1. The van der Waals surface area contributed by atoms with Gasteiger partial charge in [0.1, 0.15) is 6.29 Å². The van der Waals surface area contributed by atoms with E-state index < -0.39 is 5.82 Å². The van der Waals surface area contributed by atoms with E-state index in [4.69, 9.17) is 4.74 Å². The first kappa shape index (κ1) is 21.1. The standard InChI is InChI=1S/C24H31FO2/c1-4-5-7-20(15-21-10-9-18(2)19(3)14-21)8-6-13-27-24-12-11-22(17-26)16-23(24)25/h9-12,14,16-17,20H,4-8,13,15H2,1-3H3/t20-/m1/s1. The number of carbonyl (C=O) groups is 1. The van der Waals surface area contributed by atoms with Crippen LogP contribution < -0.4 is 4.74 Å². The second-order valence-corrected chi connectivity index (χ2v) is 7.43. The summed E-state index contributed by atoms with van der Waals surface area (Å²) in [6.07, 6.45) is 7.34. The molecule has 2 rings (SSSR count). The van der Waals surface area contributed by atoms with Crippen LogP contribution in [0.4, 0.5) is 4.39 Å². The van der Waals surface area contributed by atoms with Crippen LogP contribution in [0.25, 0.3) is 0 Å². The molecule has 146 valence electrons. The molecule has 2 aromatic carbocycles. The molecule has 0 aliphatic heterocycles. The van der Waals surface area contributed by atoms with Crippen molar-refractivity contribution in [3.05, 3.63) is 64.5 Å². The molecule has 0 saturated carbocycles. The Morgan fingerprint density at radius 1 is 1.04 bits per heavy atom. The summed E-state index contributed by atoms with van der Waals surface area (Å²) >= 11 is 0. The van der Waals surface area contributed by atoms with Crippen molar-refractivity contribution in [2.24, 2.45) is 5.92 Å². The molecule has 0 saturated heterocycles. The molecule has 1 atom stereocenters. The Kier molecular flexibility index (Phi) is 8.50. The lowest BCUT2D eigenvalue weighted by molar-refractivity contribution is 0.112. The van der Waals surface area contributed by atoms with Gasteiger partial charge in [0.15, 0.2) is 11.6 Å². The Balaban J connectivity index is 1.86. The number of aldehydes is 1. The molecule has 0 aliphatic carbocycles. The van der Waals surface area contributed by atoms with Crippen molar-refractivity contribution in [1.29, 1.82) is 0 Å². The monoisotopic (exact) mass is 370 g/mol. The summed E-state index contributed by atoms with van der Waals surface area (Å²) in [6, 6.07) is 11.1. The van der Waals surface area contributed by atoms with Gasteiger partial charge in [-0.3, -0.25) is 4.79 Å². The lowest BCUT2D eigenvalue weighted by Gasteiger charge is -2.18. The number of unbranched alkanes of at least 4 members (excludes halogenated alkanes) is 1. The van der Waals surface area contributed by atoms with Crippen molar-refractivity contribution < 1.29 is 13.9 Å². The van der Waals surface area contributed by atoms with Gasteiger partial charge in [0.25, 0.3) is 0 Å². The van der Waals surface area contributed by atoms with Gasteiger partial charge in [-0.1, -0.05) is 44.4 Å². The fraction of sp³-hybridized carbons (Fsp3) is 0.458. The fourth-order valence-corrected chi connectivity index (χ4v) is 3.37.